The topological polar surface area (TPSA) is 46.6 Å². The molecule has 0 unspecified atom stereocenters. The van der Waals surface area contributed by atoms with E-state index >= 15 is 0 Å². The Morgan fingerprint density at radius 2 is 1.82 bits per heavy atom. The van der Waals surface area contributed by atoms with Gasteiger partial charge < -0.3 is 4.74 Å². The van der Waals surface area contributed by atoms with E-state index in [2.05, 4.69) is 6.58 Å². The van der Waals surface area contributed by atoms with Crippen molar-refractivity contribution in [1.82, 2.24) is 4.90 Å². The highest BCUT2D eigenvalue weighted by molar-refractivity contribution is 6.30. The maximum Gasteiger partial charge on any atom is 0.416 e. The van der Waals surface area contributed by atoms with Gasteiger partial charge in [-0.1, -0.05) is 66.2 Å². The smallest absolute Gasteiger partial charge is 0.416 e. The molecule has 2 aromatic rings. The van der Waals surface area contributed by atoms with Gasteiger partial charge in [0, 0.05) is 10.9 Å². The summed E-state index contributed by atoms with van der Waals surface area (Å²) in [7, 11) is 0. The highest BCUT2D eigenvalue weighted by atomic mass is 35.5. The quantitative estimate of drug-likeness (QED) is 0.686. The fourth-order valence-electron chi connectivity index (χ4n) is 4.25. The van der Waals surface area contributed by atoms with Crippen molar-refractivity contribution in [2.45, 2.75) is 31.2 Å². The van der Waals surface area contributed by atoms with Gasteiger partial charge in [-0.3, -0.25) is 4.79 Å². The van der Waals surface area contributed by atoms with Crippen LogP contribution in [0.5, 0.6) is 0 Å². The number of imide groups is 1. The number of carbonyl (C=O) groups excluding carboxylic acids is 2. The van der Waals surface area contributed by atoms with Crippen molar-refractivity contribution < 1.29 is 14.3 Å². The average molecular weight is 396 g/mol. The number of allylic oxidation sites excluding steroid dienone is 1. The molecule has 2 aliphatic rings. The maximum atomic E-state index is 13.4. The van der Waals surface area contributed by atoms with Crippen LogP contribution in [0.1, 0.15) is 29.9 Å². The molecule has 3 atom stereocenters. The highest BCUT2D eigenvalue weighted by Gasteiger charge is 2.45. The van der Waals surface area contributed by atoms with E-state index in [0.29, 0.717) is 17.9 Å². The van der Waals surface area contributed by atoms with Gasteiger partial charge >= 0.3 is 6.09 Å². The number of nitrogens with zero attached hydrogens (tertiary/aromatic N) is 1. The van der Waals surface area contributed by atoms with E-state index in [1.807, 2.05) is 54.6 Å². The molecule has 0 radical (unpaired) electrons. The Morgan fingerprint density at radius 1 is 1.11 bits per heavy atom. The average Bonchev–Trinajstić information content (AvgIpc) is 3.25. The Morgan fingerprint density at radius 3 is 2.54 bits per heavy atom. The second-order valence-corrected chi connectivity index (χ2v) is 7.99. The predicted octanol–water partition coefficient (Wildman–Crippen LogP) is 4.98. The number of halogens is 1. The van der Waals surface area contributed by atoms with E-state index in [1.165, 1.54) is 4.90 Å². The molecule has 4 nitrogen and oxygen atoms in total. The lowest BCUT2D eigenvalue weighted by Crippen LogP contribution is -2.44. The lowest BCUT2D eigenvalue weighted by atomic mass is 9.87. The minimum atomic E-state index is -0.543. The zero-order chi connectivity index (χ0) is 19.7. The molecule has 0 bridgehead atoms. The summed E-state index contributed by atoms with van der Waals surface area (Å²) in [5.41, 5.74) is 3.16. The molecule has 1 saturated heterocycles. The number of carbonyl (C=O) groups is 2. The molecule has 2 amide bonds. The molecule has 1 aliphatic carbocycles. The summed E-state index contributed by atoms with van der Waals surface area (Å²) in [6, 6.07) is 17.2. The lowest BCUT2D eigenvalue weighted by Gasteiger charge is -2.26. The summed E-state index contributed by atoms with van der Waals surface area (Å²) >= 11 is 6.01. The van der Waals surface area contributed by atoms with Gasteiger partial charge in [-0.15, -0.1) is 0 Å². The fraction of sp³-hybridized carbons (Fsp3) is 0.304. The minimum Gasteiger partial charge on any atom is -0.447 e. The first-order valence-corrected chi connectivity index (χ1v) is 9.86. The van der Waals surface area contributed by atoms with Crippen LogP contribution in [0.25, 0.3) is 0 Å². The van der Waals surface area contributed by atoms with Crippen molar-refractivity contribution in [2.24, 2.45) is 5.92 Å². The molecule has 4 rings (SSSR count). The first-order chi connectivity index (χ1) is 13.5. The van der Waals surface area contributed by atoms with Gasteiger partial charge in [-0.05, 0) is 48.4 Å². The van der Waals surface area contributed by atoms with Crippen LogP contribution in [0.2, 0.25) is 5.02 Å². The van der Waals surface area contributed by atoms with Crippen LogP contribution in [-0.4, -0.2) is 29.5 Å². The summed E-state index contributed by atoms with van der Waals surface area (Å²) in [5.74, 6) is -0.470. The molecule has 1 aliphatic heterocycles. The predicted molar refractivity (Wildman–Crippen MR) is 108 cm³/mol. The van der Waals surface area contributed by atoms with Crippen LogP contribution in [0.4, 0.5) is 4.79 Å². The number of benzene rings is 2. The Labute approximate surface area is 169 Å². The van der Waals surface area contributed by atoms with E-state index in [1.54, 1.807) is 0 Å². The van der Waals surface area contributed by atoms with E-state index in [9.17, 15) is 9.59 Å². The first-order valence-electron chi connectivity index (χ1n) is 9.49. The number of hydrogen-bond acceptors (Lipinski definition) is 3. The molecule has 1 heterocycles. The Bertz CT molecular complexity index is 894. The summed E-state index contributed by atoms with van der Waals surface area (Å²) in [6.07, 6.45) is 1.38. The molecule has 1 saturated carbocycles. The van der Waals surface area contributed by atoms with E-state index in [0.717, 1.165) is 23.1 Å². The molecule has 0 spiro atoms. The van der Waals surface area contributed by atoms with Gasteiger partial charge in [-0.2, -0.15) is 0 Å². The highest BCUT2D eigenvalue weighted by Crippen LogP contribution is 2.44. The molecular formula is C23H22ClNO3. The van der Waals surface area contributed by atoms with Gasteiger partial charge in [0.05, 0.1) is 6.04 Å². The SMILES string of the molecule is C=C1C[C@@H](C(=O)N2C(=O)OC[C@@H]2Cc2ccccc2)[C@H](c2ccc(Cl)cc2)C1. The molecule has 0 N–H and O–H groups in total. The largest absolute Gasteiger partial charge is 0.447 e. The van der Waals surface area contributed by atoms with Crippen LogP contribution in [-0.2, 0) is 16.0 Å². The van der Waals surface area contributed by atoms with Gasteiger partial charge in [0.25, 0.3) is 0 Å². The normalized spacial score (nSPS) is 24.5. The van der Waals surface area contributed by atoms with Crippen molar-refractivity contribution in [3.05, 3.63) is 82.9 Å². The van der Waals surface area contributed by atoms with Crippen molar-refractivity contribution in [2.75, 3.05) is 6.61 Å². The second kappa shape index (κ2) is 7.80. The third kappa shape index (κ3) is 3.69. The summed E-state index contributed by atoms with van der Waals surface area (Å²) in [5, 5.41) is 0.662. The Hall–Kier alpha value is -2.59. The van der Waals surface area contributed by atoms with Crippen LogP contribution >= 0.6 is 11.6 Å². The van der Waals surface area contributed by atoms with E-state index in [-0.39, 0.29) is 30.4 Å². The van der Waals surface area contributed by atoms with Crippen LogP contribution in [0, 0.1) is 5.92 Å². The van der Waals surface area contributed by atoms with Gasteiger partial charge in [0.2, 0.25) is 5.91 Å². The second-order valence-electron chi connectivity index (χ2n) is 7.55. The number of rotatable bonds is 4. The van der Waals surface area contributed by atoms with Crippen molar-refractivity contribution in [1.29, 1.82) is 0 Å². The number of amides is 2. The van der Waals surface area contributed by atoms with E-state index < -0.39 is 6.09 Å². The van der Waals surface area contributed by atoms with Crippen LogP contribution in [0.3, 0.4) is 0 Å². The third-order valence-corrected chi connectivity index (χ3v) is 5.88. The zero-order valence-corrected chi connectivity index (χ0v) is 16.3. The van der Waals surface area contributed by atoms with Crippen molar-refractivity contribution in [3.63, 3.8) is 0 Å². The monoisotopic (exact) mass is 395 g/mol. The number of ether oxygens (including phenoxy) is 1. The van der Waals surface area contributed by atoms with Crippen LogP contribution in [0.15, 0.2) is 66.7 Å². The molecule has 144 valence electrons. The number of cyclic esters (lactones) is 1. The van der Waals surface area contributed by atoms with E-state index in [4.69, 9.17) is 16.3 Å². The summed E-state index contributed by atoms with van der Waals surface area (Å²) < 4.78 is 5.24. The Kier molecular flexibility index (Phi) is 5.23. The van der Waals surface area contributed by atoms with Crippen LogP contribution < -0.4 is 0 Å². The zero-order valence-electron chi connectivity index (χ0n) is 15.5. The minimum absolute atomic E-state index is 0.00282. The first kappa shape index (κ1) is 18.8. The summed E-state index contributed by atoms with van der Waals surface area (Å²) in [6.45, 7) is 4.33. The van der Waals surface area contributed by atoms with Crippen molar-refractivity contribution >= 4 is 23.6 Å². The third-order valence-electron chi connectivity index (χ3n) is 5.63. The fourth-order valence-corrected chi connectivity index (χ4v) is 4.38. The summed E-state index contributed by atoms with van der Waals surface area (Å²) in [4.78, 5) is 27.1. The van der Waals surface area contributed by atoms with Gasteiger partial charge in [-0.25, -0.2) is 9.69 Å². The molecule has 5 heteroatoms. The standard InChI is InChI=1S/C23H22ClNO3/c1-15-11-20(17-7-9-18(24)10-8-17)21(12-15)22(26)25-19(14-28-23(25)27)13-16-5-3-2-4-6-16/h2-10,19-21H,1,11-14H2/t19-,20-,21+/m0/s1. The number of hydrogen-bond donors (Lipinski definition) is 0. The molecule has 2 aromatic carbocycles. The van der Waals surface area contributed by atoms with Crippen molar-refractivity contribution in [3.8, 4) is 0 Å². The lowest BCUT2D eigenvalue weighted by molar-refractivity contribution is -0.133. The maximum absolute atomic E-state index is 13.4. The molecule has 2 fully saturated rings. The molecule has 0 aromatic heterocycles. The van der Waals surface area contributed by atoms with Gasteiger partial charge in [0.15, 0.2) is 0 Å². The molecular weight excluding hydrogens is 374 g/mol. The van der Waals surface area contributed by atoms with Gasteiger partial charge in [0.1, 0.15) is 6.61 Å². The molecule has 28 heavy (non-hydrogen) atoms. The Balaban J connectivity index is 1.57.